The number of carbonyl (C=O) groups excluding carboxylic acids is 2. The van der Waals surface area contributed by atoms with Gasteiger partial charge in [0, 0.05) is 25.4 Å². The number of nitrogens with zero attached hydrogens (tertiary/aromatic N) is 2. The minimum atomic E-state index is -3.23. The molecule has 7 nitrogen and oxygen atoms in total. The van der Waals surface area contributed by atoms with Gasteiger partial charge < -0.3 is 15.1 Å². The third-order valence-electron chi connectivity index (χ3n) is 9.92. The Morgan fingerprint density at radius 3 is 2.22 bits per heavy atom. The molecule has 1 spiro atoms. The van der Waals surface area contributed by atoms with Gasteiger partial charge in [0.15, 0.2) is 9.84 Å². The van der Waals surface area contributed by atoms with Crippen LogP contribution in [-0.2, 0) is 31.4 Å². The molecule has 3 aliphatic rings. The van der Waals surface area contributed by atoms with Gasteiger partial charge in [-0.3, -0.25) is 9.59 Å². The Morgan fingerprint density at radius 1 is 0.951 bits per heavy atom. The van der Waals surface area contributed by atoms with Gasteiger partial charge in [0.05, 0.1) is 15.7 Å². The SMILES string of the molecule is CC(CCN1CCC2(CC1)CCN(Cc1ccc(S(C)(=O)=O)cc1)C2=O)(C(=O)NC1CCCCC1)c1ccccc1. The maximum atomic E-state index is 13.7. The number of hydrogen-bond acceptors (Lipinski definition) is 5. The monoisotopic (exact) mass is 579 g/mol. The fourth-order valence-corrected chi connectivity index (χ4v) is 7.57. The zero-order chi connectivity index (χ0) is 29.1. The van der Waals surface area contributed by atoms with E-state index in [1.165, 1.54) is 25.5 Å². The van der Waals surface area contributed by atoms with E-state index in [2.05, 4.69) is 29.3 Å². The number of likely N-dealkylation sites (tertiary alicyclic amines) is 2. The molecule has 1 unspecified atom stereocenters. The van der Waals surface area contributed by atoms with Crippen LogP contribution in [0.2, 0.25) is 0 Å². The van der Waals surface area contributed by atoms with Crippen LogP contribution in [-0.4, -0.2) is 68.5 Å². The smallest absolute Gasteiger partial charge is 0.230 e. The predicted octanol–water partition coefficient (Wildman–Crippen LogP) is 4.70. The van der Waals surface area contributed by atoms with Crippen LogP contribution < -0.4 is 5.32 Å². The highest BCUT2D eigenvalue weighted by Gasteiger charge is 2.48. The van der Waals surface area contributed by atoms with Gasteiger partial charge in [-0.25, -0.2) is 8.42 Å². The Labute approximate surface area is 245 Å². The van der Waals surface area contributed by atoms with E-state index in [-0.39, 0.29) is 23.3 Å². The number of carbonyl (C=O) groups is 2. The van der Waals surface area contributed by atoms with Crippen LogP contribution in [0.15, 0.2) is 59.5 Å². The van der Waals surface area contributed by atoms with E-state index in [0.29, 0.717) is 11.4 Å². The highest BCUT2D eigenvalue weighted by molar-refractivity contribution is 7.90. The van der Waals surface area contributed by atoms with Crippen molar-refractivity contribution >= 4 is 21.7 Å². The Morgan fingerprint density at radius 2 is 1.59 bits per heavy atom. The van der Waals surface area contributed by atoms with Gasteiger partial charge in [0.1, 0.15) is 0 Å². The average Bonchev–Trinajstić information content (AvgIpc) is 3.27. The van der Waals surface area contributed by atoms with Crippen molar-refractivity contribution in [3.8, 4) is 0 Å². The molecule has 2 amide bonds. The van der Waals surface area contributed by atoms with E-state index in [9.17, 15) is 18.0 Å². The molecule has 3 fully saturated rings. The van der Waals surface area contributed by atoms with Crippen molar-refractivity contribution in [3.63, 3.8) is 0 Å². The van der Waals surface area contributed by atoms with E-state index in [0.717, 1.165) is 75.8 Å². The van der Waals surface area contributed by atoms with Crippen LogP contribution in [0, 0.1) is 5.41 Å². The second-order valence-electron chi connectivity index (χ2n) is 12.8. The number of benzene rings is 2. The highest BCUT2D eigenvalue weighted by atomic mass is 32.2. The quantitative estimate of drug-likeness (QED) is 0.465. The molecule has 1 saturated carbocycles. The van der Waals surface area contributed by atoms with Gasteiger partial charge in [0.2, 0.25) is 11.8 Å². The lowest BCUT2D eigenvalue weighted by atomic mass is 9.75. The Kier molecular flexibility index (Phi) is 8.90. The lowest BCUT2D eigenvalue weighted by molar-refractivity contribution is -0.138. The topological polar surface area (TPSA) is 86.8 Å². The molecular weight excluding hydrogens is 534 g/mol. The minimum Gasteiger partial charge on any atom is -0.353 e. The number of rotatable bonds is 9. The number of hydrogen-bond donors (Lipinski definition) is 1. The fourth-order valence-electron chi connectivity index (χ4n) is 6.94. The van der Waals surface area contributed by atoms with E-state index in [4.69, 9.17) is 0 Å². The summed E-state index contributed by atoms with van der Waals surface area (Å²) in [6.07, 6.45) is 10.3. The fraction of sp³-hybridized carbons (Fsp3) is 0.576. The Balaban J connectivity index is 1.17. The molecule has 2 aromatic carbocycles. The van der Waals surface area contributed by atoms with Crippen LogP contribution in [0.3, 0.4) is 0 Å². The van der Waals surface area contributed by atoms with Gasteiger partial charge in [-0.2, -0.15) is 0 Å². The van der Waals surface area contributed by atoms with Gasteiger partial charge >= 0.3 is 0 Å². The van der Waals surface area contributed by atoms with E-state index in [1.54, 1.807) is 12.1 Å². The lowest BCUT2D eigenvalue weighted by Gasteiger charge is -2.40. The lowest BCUT2D eigenvalue weighted by Crippen LogP contribution is -2.50. The summed E-state index contributed by atoms with van der Waals surface area (Å²) in [7, 11) is -3.23. The molecule has 8 heteroatoms. The first-order chi connectivity index (χ1) is 19.6. The molecule has 2 aromatic rings. The molecule has 1 aliphatic carbocycles. The van der Waals surface area contributed by atoms with Gasteiger partial charge in [-0.05, 0) is 88.3 Å². The van der Waals surface area contributed by atoms with Crippen LogP contribution >= 0.6 is 0 Å². The van der Waals surface area contributed by atoms with Crippen molar-refractivity contribution in [2.45, 2.75) is 87.6 Å². The highest BCUT2D eigenvalue weighted by Crippen LogP contribution is 2.42. The first-order valence-corrected chi connectivity index (χ1v) is 17.2. The van der Waals surface area contributed by atoms with Gasteiger partial charge in [-0.1, -0.05) is 61.7 Å². The van der Waals surface area contributed by atoms with Crippen LogP contribution in [0.5, 0.6) is 0 Å². The molecular formula is C33H45N3O4S. The second-order valence-corrected chi connectivity index (χ2v) is 14.8. The third-order valence-corrected chi connectivity index (χ3v) is 11.0. The zero-order valence-corrected chi connectivity index (χ0v) is 25.4. The molecule has 0 radical (unpaired) electrons. The summed E-state index contributed by atoms with van der Waals surface area (Å²) in [6, 6.07) is 17.3. The molecule has 0 aromatic heterocycles. The zero-order valence-electron chi connectivity index (χ0n) is 24.6. The summed E-state index contributed by atoms with van der Waals surface area (Å²) in [6.45, 7) is 5.88. The molecule has 1 N–H and O–H groups in total. The number of sulfone groups is 1. The molecule has 2 saturated heterocycles. The van der Waals surface area contributed by atoms with E-state index < -0.39 is 15.3 Å². The molecule has 2 aliphatic heterocycles. The number of piperidine rings is 1. The maximum absolute atomic E-state index is 13.7. The summed E-state index contributed by atoms with van der Waals surface area (Å²) in [5, 5.41) is 3.39. The number of nitrogens with one attached hydrogen (secondary N) is 1. The van der Waals surface area contributed by atoms with Crippen molar-refractivity contribution in [2.75, 3.05) is 32.4 Å². The first-order valence-electron chi connectivity index (χ1n) is 15.3. The third kappa shape index (κ3) is 6.69. The Bertz CT molecular complexity index is 1310. The normalized spacial score (nSPS) is 21.6. The summed E-state index contributed by atoms with van der Waals surface area (Å²) in [5.74, 6) is 0.362. The number of amides is 2. The molecule has 2 heterocycles. The standard InChI is InChI=1S/C33H45N3O4S/c1-32(27-9-5-3-6-10-27,30(37)34-28-11-7-4-8-12-28)17-21-35-22-18-33(19-23-35)20-24-36(31(33)38)25-26-13-15-29(16-14-26)41(2,39)40/h3,5-6,9-10,13-16,28H,4,7-8,11-12,17-25H2,1-2H3,(H,34,37). The average molecular weight is 580 g/mol. The summed E-state index contributed by atoms with van der Waals surface area (Å²) < 4.78 is 23.5. The first kappa shape index (κ1) is 29.8. The molecule has 0 bridgehead atoms. The molecule has 5 rings (SSSR count). The second kappa shape index (κ2) is 12.3. The van der Waals surface area contributed by atoms with E-state index >= 15 is 0 Å². The van der Waals surface area contributed by atoms with Crippen molar-refractivity contribution in [3.05, 3.63) is 65.7 Å². The molecule has 222 valence electrons. The van der Waals surface area contributed by atoms with Crippen LogP contribution in [0.1, 0.15) is 75.8 Å². The predicted molar refractivity (Wildman–Crippen MR) is 161 cm³/mol. The van der Waals surface area contributed by atoms with Crippen molar-refractivity contribution in [1.29, 1.82) is 0 Å². The maximum Gasteiger partial charge on any atom is 0.230 e. The van der Waals surface area contributed by atoms with Crippen molar-refractivity contribution < 1.29 is 18.0 Å². The van der Waals surface area contributed by atoms with Gasteiger partial charge in [-0.15, -0.1) is 0 Å². The largest absolute Gasteiger partial charge is 0.353 e. The minimum absolute atomic E-state index is 0.135. The summed E-state index contributed by atoms with van der Waals surface area (Å²) in [5.41, 5.74) is 1.12. The van der Waals surface area contributed by atoms with Gasteiger partial charge in [0.25, 0.3) is 0 Å². The van der Waals surface area contributed by atoms with Crippen LogP contribution in [0.25, 0.3) is 0 Å². The van der Waals surface area contributed by atoms with Crippen LogP contribution in [0.4, 0.5) is 0 Å². The van der Waals surface area contributed by atoms with Crippen molar-refractivity contribution in [1.82, 2.24) is 15.1 Å². The molecule has 41 heavy (non-hydrogen) atoms. The summed E-state index contributed by atoms with van der Waals surface area (Å²) in [4.78, 5) is 31.9. The summed E-state index contributed by atoms with van der Waals surface area (Å²) >= 11 is 0. The Hall–Kier alpha value is -2.71. The van der Waals surface area contributed by atoms with Crippen molar-refractivity contribution in [2.24, 2.45) is 5.41 Å². The van der Waals surface area contributed by atoms with E-state index in [1.807, 2.05) is 35.2 Å². The molecule has 1 atom stereocenters.